The van der Waals surface area contributed by atoms with Crippen molar-refractivity contribution in [1.82, 2.24) is 0 Å². The Balaban J connectivity index is 2.10. The first-order valence-corrected chi connectivity index (χ1v) is 2.63. The molecule has 1 rings (SSSR count). The highest BCUT2D eigenvalue weighted by atomic mass is 16.5. The van der Waals surface area contributed by atoms with Gasteiger partial charge in [-0.3, -0.25) is 0 Å². The van der Waals surface area contributed by atoms with Crippen molar-refractivity contribution in [3.8, 4) is 0 Å². The fourth-order valence-corrected chi connectivity index (χ4v) is 0.617. The van der Waals surface area contributed by atoms with Gasteiger partial charge in [-0.05, 0) is 18.8 Å². The number of methoxy groups -OCH3 is 1. The van der Waals surface area contributed by atoms with Gasteiger partial charge in [0, 0.05) is 7.11 Å². The molecule has 1 unspecified atom stereocenters. The minimum Gasteiger partial charge on any atom is -0.367 e. The van der Waals surface area contributed by atoms with Gasteiger partial charge in [0.25, 0.3) is 0 Å². The Morgan fingerprint density at radius 3 is 2.43 bits per heavy atom. The van der Waals surface area contributed by atoms with Crippen molar-refractivity contribution in [1.29, 1.82) is 0 Å². The molecule has 1 aliphatic carbocycles. The highest BCUT2D eigenvalue weighted by Crippen LogP contribution is 2.31. The van der Waals surface area contributed by atoms with Crippen LogP contribution >= 0.6 is 0 Å². The van der Waals surface area contributed by atoms with E-state index < -0.39 is 0 Å². The predicted octanol–water partition coefficient (Wildman–Crippen LogP) is 0.328. The van der Waals surface area contributed by atoms with Crippen molar-refractivity contribution >= 4 is 0 Å². The molecule has 0 amide bonds. The summed E-state index contributed by atoms with van der Waals surface area (Å²) in [5.74, 6) is 0.671. The van der Waals surface area contributed by atoms with Gasteiger partial charge in [-0.2, -0.15) is 0 Å². The monoisotopic (exact) mass is 101 g/mol. The minimum absolute atomic E-state index is 0.0139. The summed E-state index contributed by atoms with van der Waals surface area (Å²) in [5.41, 5.74) is 5.46. The molecular formula is C5H11NO. The molecule has 1 saturated carbocycles. The molecule has 1 atom stereocenters. The Morgan fingerprint density at radius 2 is 2.29 bits per heavy atom. The quantitative estimate of drug-likeness (QED) is 0.509. The van der Waals surface area contributed by atoms with E-state index in [1.54, 1.807) is 7.11 Å². The fourth-order valence-electron chi connectivity index (χ4n) is 0.617. The molecule has 0 spiro atoms. The van der Waals surface area contributed by atoms with Gasteiger partial charge in [0.1, 0.15) is 6.23 Å². The first kappa shape index (κ1) is 5.06. The summed E-state index contributed by atoms with van der Waals surface area (Å²) in [6.07, 6.45) is 2.53. The van der Waals surface area contributed by atoms with Crippen molar-refractivity contribution in [2.45, 2.75) is 19.1 Å². The lowest BCUT2D eigenvalue weighted by Crippen LogP contribution is -2.23. The standard InChI is InChI=1S/C5H11NO/c1-7-5(6)4-2-3-4/h4-5H,2-3,6H2,1H3. The number of ether oxygens (including phenoxy) is 1. The van der Waals surface area contributed by atoms with Gasteiger partial charge in [-0.1, -0.05) is 0 Å². The van der Waals surface area contributed by atoms with Crippen LogP contribution in [0.4, 0.5) is 0 Å². The predicted molar refractivity (Wildman–Crippen MR) is 27.7 cm³/mol. The lowest BCUT2D eigenvalue weighted by Gasteiger charge is -2.04. The Kier molecular flexibility index (Phi) is 1.30. The van der Waals surface area contributed by atoms with Gasteiger partial charge in [-0.15, -0.1) is 0 Å². The second-order valence-corrected chi connectivity index (χ2v) is 2.04. The first-order valence-electron chi connectivity index (χ1n) is 2.63. The van der Waals surface area contributed by atoms with Gasteiger partial charge in [0.05, 0.1) is 0 Å². The van der Waals surface area contributed by atoms with Gasteiger partial charge in [0.2, 0.25) is 0 Å². The zero-order chi connectivity index (χ0) is 5.28. The van der Waals surface area contributed by atoms with E-state index in [2.05, 4.69) is 0 Å². The Labute approximate surface area is 43.6 Å². The molecule has 2 N–H and O–H groups in total. The Bertz CT molecular complexity index is 61.1. The second kappa shape index (κ2) is 1.80. The van der Waals surface area contributed by atoms with Crippen molar-refractivity contribution in [2.24, 2.45) is 11.7 Å². The lowest BCUT2D eigenvalue weighted by molar-refractivity contribution is 0.0902. The molecule has 2 nitrogen and oxygen atoms in total. The molecule has 1 aliphatic rings. The molecular weight excluding hydrogens is 90.1 g/mol. The van der Waals surface area contributed by atoms with E-state index in [0.29, 0.717) is 5.92 Å². The van der Waals surface area contributed by atoms with Crippen molar-refractivity contribution < 1.29 is 4.74 Å². The average Bonchev–Trinajstić information content (AvgIpc) is 2.44. The van der Waals surface area contributed by atoms with Crippen LogP contribution in [0, 0.1) is 5.92 Å². The Hall–Kier alpha value is -0.0800. The molecule has 7 heavy (non-hydrogen) atoms. The molecule has 0 aliphatic heterocycles. The molecule has 0 aromatic carbocycles. The second-order valence-electron chi connectivity index (χ2n) is 2.04. The summed E-state index contributed by atoms with van der Waals surface area (Å²) in [6, 6.07) is 0. The van der Waals surface area contributed by atoms with Gasteiger partial charge in [0.15, 0.2) is 0 Å². The van der Waals surface area contributed by atoms with Crippen molar-refractivity contribution in [3.63, 3.8) is 0 Å². The van der Waals surface area contributed by atoms with E-state index in [1.165, 1.54) is 12.8 Å². The minimum atomic E-state index is 0.0139. The maximum absolute atomic E-state index is 5.46. The van der Waals surface area contributed by atoms with E-state index >= 15 is 0 Å². The number of hydrogen-bond donors (Lipinski definition) is 1. The van der Waals surface area contributed by atoms with Crippen LogP contribution < -0.4 is 5.73 Å². The van der Waals surface area contributed by atoms with Crippen molar-refractivity contribution in [2.75, 3.05) is 7.11 Å². The average molecular weight is 101 g/mol. The molecule has 0 aromatic heterocycles. The fraction of sp³-hybridized carbons (Fsp3) is 1.00. The number of nitrogens with two attached hydrogens (primary N) is 1. The summed E-state index contributed by atoms with van der Waals surface area (Å²) in [5, 5.41) is 0. The summed E-state index contributed by atoms with van der Waals surface area (Å²) < 4.78 is 4.85. The van der Waals surface area contributed by atoms with Gasteiger partial charge < -0.3 is 10.5 Å². The van der Waals surface area contributed by atoms with E-state index in [0.717, 1.165) is 0 Å². The topological polar surface area (TPSA) is 35.2 Å². The zero-order valence-corrected chi connectivity index (χ0v) is 4.55. The summed E-state index contributed by atoms with van der Waals surface area (Å²) in [7, 11) is 1.66. The third kappa shape index (κ3) is 1.14. The molecule has 0 heterocycles. The van der Waals surface area contributed by atoms with E-state index in [9.17, 15) is 0 Å². The Morgan fingerprint density at radius 1 is 1.71 bits per heavy atom. The normalized spacial score (nSPS) is 24.9. The van der Waals surface area contributed by atoms with Crippen LogP contribution in [0.1, 0.15) is 12.8 Å². The largest absolute Gasteiger partial charge is 0.367 e. The molecule has 2 heteroatoms. The summed E-state index contributed by atoms with van der Waals surface area (Å²) in [4.78, 5) is 0. The maximum atomic E-state index is 5.46. The van der Waals surface area contributed by atoms with Crippen LogP contribution in [0.3, 0.4) is 0 Å². The van der Waals surface area contributed by atoms with Gasteiger partial charge >= 0.3 is 0 Å². The highest BCUT2D eigenvalue weighted by molar-refractivity contribution is 4.77. The van der Waals surface area contributed by atoms with Crippen LogP contribution in [0.25, 0.3) is 0 Å². The van der Waals surface area contributed by atoms with Crippen LogP contribution in [0.15, 0.2) is 0 Å². The maximum Gasteiger partial charge on any atom is 0.108 e. The molecule has 0 radical (unpaired) electrons. The van der Waals surface area contributed by atoms with Crippen LogP contribution in [-0.2, 0) is 4.74 Å². The molecule has 1 fully saturated rings. The van der Waals surface area contributed by atoms with Crippen LogP contribution in [0.5, 0.6) is 0 Å². The first-order chi connectivity index (χ1) is 3.34. The third-order valence-corrected chi connectivity index (χ3v) is 1.36. The molecule has 0 bridgehead atoms. The summed E-state index contributed by atoms with van der Waals surface area (Å²) in [6.45, 7) is 0. The molecule has 42 valence electrons. The number of hydrogen-bond acceptors (Lipinski definition) is 2. The summed E-state index contributed by atoms with van der Waals surface area (Å²) >= 11 is 0. The zero-order valence-electron chi connectivity index (χ0n) is 4.55. The van der Waals surface area contributed by atoms with Crippen LogP contribution in [0.2, 0.25) is 0 Å². The molecule has 0 saturated heterocycles. The SMILES string of the molecule is COC(N)C1CC1. The third-order valence-electron chi connectivity index (χ3n) is 1.36. The van der Waals surface area contributed by atoms with Crippen molar-refractivity contribution in [3.05, 3.63) is 0 Å². The lowest BCUT2D eigenvalue weighted by atomic mass is 10.4. The number of rotatable bonds is 2. The van der Waals surface area contributed by atoms with Crippen LogP contribution in [-0.4, -0.2) is 13.3 Å². The molecule has 0 aromatic rings. The van der Waals surface area contributed by atoms with E-state index in [4.69, 9.17) is 10.5 Å². The van der Waals surface area contributed by atoms with Gasteiger partial charge in [-0.25, -0.2) is 0 Å². The van der Waals surface area contributed by atoms with E-state index in [1.807, 2.05) is 0 Å². The highest BCUT2D eigenvalue weighted by Gasteiger charge is 2.27. The smallest absolute Gasteiger partial charge is 0.108 e. The van der Waals surface area contributed by atoms with E-state index in [-0.39, 0.29) is 6.23 Å².